The Bertz CT molecular complexity index is 615. The van der Waals surface area contributed by atoms with E-state index in [4.69, 9.17) is 28.9 Å². The number of primary amides is 1. The SMILES string of the molecule is CS(=O)(=O)c1ccc(C(O)C(CO)C(Cl)(Cl)C(N)=O)cc1. The smallest absolute Gasteiger partial charge is 0.254 e. The highest BCUT2D eigenvalue weighted by Crippen LogP contribution is 2.38. The molecule has 6 nitrogen and oxygen atoms in total. The summed E-state index contributed by atoms with van der Waals surface area (Å²) in [5, 5.41) is 19.5. The minimum atomic E-state index is -3.37. The topological polar surface area (TPSA) is 118 Å². The highest BCUT2D eigenvalue weighted by Gasteiger charge is 2.44. The zero-order chi connectivity index (χ0) is 16.4. The fourth-order valence-corrected chi connectivity index (χ4v) is 2.75. The fraction of sp³-hybridized carbons (Fsp3) is 0.417. The molecule has 118 valence electrons. The van der Waals surface area contributed by atoms with Crippen molar-refractivity contribution in [3.63, 3.8) is 0 Å². The van der Waals surface area contributed by atoms with E-state index in [1.165, 1.54) is 24.3 Å². The lowest BCUT2D eigenvalue weighted by atomic mass is 9.92. The first-order valence-electron chi connectivity index (χ1n) is 5.78. The largest absolute Gasteiger partial charge is 0.396 e. The summed E-state index contributed by atoms with van der Waals surface area (Å²) in [5.41, 5.74) is 5.28. The summed E-state index contributed by atoms with van der Waals surface area (Å²) in [6.07, 6.45) is -0.351. The van der Waals surface area contributed by atoms with Crippen LogP contribution in [0, 0.1) is 5.92 Å². The van der Waals surface area contributed by atoms with Crippen LogP contribution in [-0.2, 0) is 14.6 Å². The third-order valence-corrected chi connectivity index (χ3v) is 5.08. The summed E-state index contributed by atoms with van der Waals surface area (Å²) in [4.78, 5) is 11.3. The molecule has 1 aromatic rings. The Balaban J connectivity index is 3.12. The predicted octanol–water partition coefficient (Wildman–Crippen LogP) is 0.391. The summed E-state index contributed by atoms with van der Waals surface area (Å²) >= 11 is 11.5. The number of carbonyl (C=O) groups is 1. The molecule has 0 saturated carbocycles. The van der Waals surface area contributed by atoms with Crippen LogP contribution >= 0.6 is 23.2 Å². The van der Waals surface area contributed by atoms with E-state index in [1.54, 1.807) is 0 Å². The van der Waals surface area contributed by atoms with Crippen molar-refractivity contribution in [3.05, 3.63) is 29.8 Å². The lowest BCUT2D eigenvalue weighted by molar-refractivity contribution is -0.121. The number of aliphatic hydroxyl groups excluding tert-OH is 2. The molecule has 2 unspecified atom stereocenters. The number of carbonyl (C=O) groups excluding carboxylic acids is 1. The van der Waals surface area contributed by atoms with E-state index < -0.39 is 38.7 Å². The zero-order valence-electron chi connectivity index (χ0n) is 11.0. The first-order chi connectivity index (χ1) is 9.51. The third kappa shape index (κ3) is 4.08. The van der Waals surface area contributed by atoms with E-state index in [9.17, 15) is 23.4 Å². The number of benzene rings is 1. The number of alkyl halides is 2. The van der Waals surface area contributed by atoms with Crippen molar-refractivity contribution < 1.29 is 23.4 Å². The van der Waals surface area contributed by atoms with Gasteiger partial charge in [-0.15, -0.1) is 0 Å². The number of amides is 1. The standard InChI is InChI=1S/C12H15Cl2NO5S/c1-21(19,20)8-4-2-7(3-5-8)10(17)9(6-16)12(13,14)11(15)18/h2-5,9-10,16-17H,6H2,1H3,(H2,15,18). The van der Waals surface area contributed by atoms with Gasteiger partial charge >= 0.3 is 0 Å². The molecule has 21 heavy (non-hydrogen) atoms. The summed E-state index contributed by atoms with van der Waals surface area (Å²) in [6.45, 7) is -0.690. The van der Waals surface area contributed by atoms with Gasteiger partial charge in [0.15, 0.2) is 9.84 Å². The van der Waals surface area contributed by atoms with Gasteiger partial charge in [0.1, 0.15) is 0 Å². The molecule has 0 bridgehead atoms. The number of rotatable bonds is 6. The van der Waals surface area contributed by atoms with Crippen LogP contribution in [0.4, 0.5) is 0 Å². The molecule has 1 rings (SSSR count). The van der Waals surface area contributed by atoms with Crippen LogP contribution in [0.5, 0.6) is 0 Å². The number of sulfone groups is 1. The van der Waals surface area contributed by atoms with E-state index in [0.29, 0.717) is 0 Å². The molecule has 0 aromatic heterocycles. The fourth-order valence-electron chi connectivity index (χ4n) is 1.74. The van der Waals surface area contributed by atoms with Gasteiger partial charge in [-0.1, -0.05) is 35.3 Å². The lowest BCUT2D eigenvalue weighted by Crippen LogP contribution is -2.44. The van der Waals surface area contributed by atoms with Crippen LogP contribution in [-0.4, -0.2) is 41.7 Å². The first-order valence-corrected chi connectivity index (χ1v) is 8.43. The highest BCUT2D eigenvalue weighted by atomic mass is 35.5. The second kappa shape index (κ2) is 6.50. The van der Waals surface area contributed by atoms with E-state index >= 15 is 0 Å². The third-order valence-electron chi connectivity index (χ3n) is 3.02. The van der Waals surface area contributed by atoms with Gasteiger partial charge in [0.25, 0.3) is 5.91 Å². The Hall–Kier alpha value is -0.860. The Morgan fingerprint density at radius 3 is 2.14 bits per heavy atom. The number of aliphatic hydroxyl groups is 2. The average molecular weight is 356 g/mol. The Morgan fingerprint density at radius 2 is 1.81 bits per heavy atom. The van der Waals surface area contributed by atoms with Crippen LogP contribution in [0.15, 0.2) is 29.2 Å². The van der Waals surface area contributed by atoms with Crippen molar-refractivity contribution in [2.24, 2.45) is 11.7 Å². The molecule has 1 amide bonds. The van der Waals surface area contributed by atoms with E-state index in [1.807, 2.05) is 0 Å². The van der Waals surface area contributed by atoms with E-state index in [2.05, 4.69) is 0 Å². The number of hydrogen-bond acceptors (Lipinski definition) is 5. The summed E-state index contributed by atoms with van der Waals surface area (Å²) in [5.74, 6) is -2.36. The zero-order valence-corrected chi connectivity index (χ0v) is 13.4. The van der Waals surface area contributed by atoms with E-state index in [0.717, 1.165) is 6.26 Å². The number of nitrogens with two attached hydrogens (primary N) is 1. The maximum Gasteiger partial charge on any atom is 0.254 e. The molecule has 9 heteroatoms. The number of hydrogen-bond donors (Lipinski definition) is 3. The van der Waals surface area contributed by atoms with Crippen molar-refractivity contribution in [1.29, 1.82) is 0 Å². The van der Waals surface area contributed by atoms with Crippen LogP contribution in [0.2, 0.25) is 0 Å². The summed E-state index contributed by atoms with van der Waals surface area (Å²) in [6, 6.07) is 5.26. The molecule has 4 N–H and O–H groups in total. The molecule has 0 radical (unpaired) electrons. The minimum Gasteiger partial charge on any atom is -0.396 e. The van der Waals surface area contributed by atoms with Gasteiger partial charge in [-0.25, -0.2) is 8.42 Å². The highest BCUT2D eigenvalue weighted by molar-refractivity contribution is 7.90. The molecule has 0 fully saturated rings. The molecule has 2 atom stereocenters. The second-order valence-electron chi connectivity index (χ2n) is 4.56. The quantitative estimate of drug-likeness (QED) is 0.638. The molecule has 0 heterocycles. The Labute approximate surface area is 132 Å². The van der Waals surface area contributed by atoms with Gasteiger partial charge in [0.05, 0.1) is 23.5 Å². The maximum atomic E-state index is 11.3. The van der Waals surface area contributed by atoms with Gasteiger partial charge in [0, 0.05) is 6.26 Å². The van der Waals surface area contributed by atoms with Gasteiger partial charge in [-0.3, -0.25) is 4.79 Å². The molecular formula is C12H15Cl2NO5S. The monoisotopic (exact) mass is 355 g/mol. The molecule has 0 saturated heterocycles. The minimum absolute atomic E-state index is 0.0666. The maximum absolute atomic E-state index is 11.3. The normalized spacial score (nSPS) is 15.5. The lowest BCUT2D eigenvalue weighted by Gasteiger charge is -2.29. The second-order valence-corrected chi connectivity index (χ2v) is 7.96. The number of halogens is 2. The molecule has 0 aliphatic rings. The van der Waals surface area contributed by atoms with Crippen LogP contribution in [0.1, 0.15) is 11.7 Å². The average Bonchev–Trinajstić information content (AvgIpc) is 2.38. The summed E-state index contributed by atoms with van der Waals surface area (Å²) < 4.78 is 20.5. The molecule has 1 aromatic carbocycles. The van der Waals surface area contributed by atoms with Gasteiger partial charge in [-0.2, -0.15) is 0 Å². The van der Waals surface area contributed by atoms with Crippen molar-refractivity contribution in [2.45, 2.75) is 15.3 Å². The molecule has 0 aliphatic carbocycles. The van der Waals surface area contributed by atoms with Gasteiger partial charge in [0.2, 0.25) is 4.33 Å². The molecule has 0 spiro atoms. The van der Waals surface area contributed by atoms with Crippen molar-refractivity contribution >= 4 is 38.9 Å². The Morgan fingerprint density at radius 1 is 1.33 bits per heavy atom. The Kier molecular flexibility index (Phi) is 5.63. The van der Waals surface area contributed by atoms with Crippen molar-refractivity contribution in [3.8, 4) is 0 Å². The molecular weight excluding hydrogens is 341 g/mol. The van der Waals surface area contributed by atoms with Gasteiger partial charge < -0.3 is 15.9 Å². The van der Waals surface area contributed by atoms with Gasteiger partial charge in [-0.05, 0) is 17.7 Å². The summed E-state index contributed by atoms with van der Waals surface area (Å²) in [7, 11) is -3.37. The van der Waals surface area contributed by atoms with Crippen molar-refractivity contribution in [2.75, 3.05) is 12.9 Å². The van der Waals surface area contributed by atoms with Crippen LogP contribution < -0.4 is 5.73 Å². The predicted molar refractivity (Wildman–Crippen MR) is 78.7 cm³/mol. The van der Waals surface area contributed by atoms with Crippen molar-refractivity contribution in [1.82, 2.24) is 0 Å². The van der Waals surface area contributed by atoms with Crippen LogP contribution in [0.25, 0.3) is 0 Å². The molecule has 0 aliphatic heterocycles. The first kappa shape index (κ1) is 18.2. The van der Waals surface area contributed by atoms with Crippen LogP contribution in [0.3, 0.4) is 0 Å². The van der Waals surface area contributed by atoms with E-state index in [-0.39, 0.29) is 10.5 Å².